The van der Waals surface area contributed by atoms with Gasteiger partial charge in [0.15, 0.2) is 11.5 Å². The molecule has 0 bridgehead atoms. The minimum absolute atomic E-state index is 0.0455. The maximum absolute atomic E-state index is 12.9. The Kier molecular flexibility index (Phi) is 8.69. The fraction of sp³-hybridized carbons (Fsp3) is 0.720. The molecule has 1 amide bonds. The van der Waals surface area contributed by atoms with Crippen LogP contribution in [0.15, 0.2) is 12.1 Å². The first kappa shape index (κ1) is 24.1. The summed E-state index contributed by atoms with van der Waals surface area (Å²) in [6, 6.07) is 3.61. The number of piperidine rings is 1. The summed E-state index contributed by atoms with van der Waals surface area (Å²) in [5.74, 6) is 0.912. The third-order valence-electron chi connectivity index (χ3n) is 7.03. The summed E-state index contributed by atoms with van der Waals surface area (Å²) in [6.45, 7) is 4.67. The molecule has 2 aliphatic heterocycles. The van der Waals surface area contributed by atoms with E-state index in [9.17, 15) is 9.90 Å². The van der Waals surface area contributed by atoms with Gasteiger partial charge in [-0.3, -0.25) is 4.79 Å². The summed E-state index contributed by atoms with van der Waals surface area (Å²) < 4.78 is 17.4. The van der Waals surface area contributed by atoms with E-state index in [2.05, 4.69) is 15.5 Å². The largest absolute Gasteiger partial charge is 0.486 e. The van der Waals surface area contributed by atoms with E-state index in [1.165, 1.54) is 32.1 Å². The normalized spacial score (nSPS) is 23.8. The summed E-state index contributed by atoms with van der Waals surface area (Å²) >= 11 is 0. The van der Waals surface area contributed by atoms with Crippen molar-refractivity contribution in [3.63, 3.8) is 0 Å². The van der Waals surface area contributed by atoms with Crippen molar-refractivity contribution in [1.82, 2.24) is 10.2 Å². The van der Waals surface area contributed by atoms with Crippen LogP contribution in [0.1, 0.15) is 55.3 Å². The molecule has 1 aromatic carbocycles. The number of amides is 1. The van der Waals surface area contributed by atoms with Crippen LogP contribution in [0.3, 0.4) is 0 Å². The molecule has 2 atom stereocenters. The molecule has 8 heteroatoms. The number of likely N-dealkylation sites (tertiary alicyclic amines) is 1. The Morgan fingerprint density at radius 2 is 2.00 bits per heavy atom. The van der Waals surface area contributed by atoms with Gasteiger partial charge >= 0.3 is 0 Å². The van der Waals surface area contributed by atoms with E-state index >= 15 is 0 Å². The molecule has 0 aromatic heterocycles. The molecule has 0 spiro atoms. The summed E-state index contributed by atoms with van der Waals surface area (Å²) in [7, 11) is 1.80. The lowest BCUT2D eigenvalue weighted by atomic mass is 9.93. The SMILES string of the molecule is CNc1cc2c(c(C(=O)NC[C@@H]3CCN(CCCOC4CCCCC4)CC3O)c1)OCCO2. The van der Waals surface area contributed by atoms with Crippen molar-refractivity contribution in [2.75, 3.05) is 58.4 Å². The van der Waals surface area contributed by atoms with Crippen molar-refractivity contribution in [1.29, 1.82) is 0 Å². The van der Waals surface area contributed by atoms with Crippen molar-refractivity contribution < 1.29 is 24.1 Å². The predicted octanol–water partition coefficient (Wildman–Crippen LogP) is 2.65. The van der Waals surface area contributed by atoms with E-state index in [0.717, 1.165) is 38.2 Å². The number of hydrogen-bond donors (Lipinski definition) is 3. The Bertz CT molecular complexity index is 784. The van der Waals surface area contributed by atoms with Crippen LogP contribution in [-0.2, 0) is 4.74 Å². The lowest BCUT2D eigenvalue weighted by Crippen LogP contribution is -2.48. The zero-order valence-corrected chi connectivity index (χ0v) is 19.8. The standard InChI is InChI=1S/C25H39N3O5/c1-26-19-14-21(24-23(15-19)32-12-13-33-24)25(30)27-16-18-8-10-28(17-22(18)29)9-5-11-31-20-6-3-2-4-7-20/h14-15,18,20,22,26,29H,2-13,16-17H2,1H3,(H,27,30)/t18-,22?/m0/s1. The summed E-state index contributed by atoms with van der Waals surface area (Å²) in [5.41, 5.74) is 1.26. The molecule has 1 aromatic rings. The summed E-state index contributed by atoms with van der Waals surface area (Å²) in [5, 5.41) is 16.7. The maximum atomic E-state index is 12.9. The Hall–Kier alpha value is -2.03. The van der Waals surface area contributed by atoms with Gasteiger partial charge in [-0.1, -0.05) is 19.3 Å². The maximum Gasteiger partial charge on any atom is 0.255 e. The average Bonchev–Trinajstić information content (AvgIpc) is 2.85. The third-order valence-corrected chi connectivity index (χ3v) is 7.03. The van der Waals surface area contributed by atoms with E-state index < -0.39 is 6.10 Å². The number of carbonyl (C=O) groups excluding carboxylic acids is 1. The smallest absolute Gasteiger partial charge is 0.255 e. The van der Waals surface area contributed by atoms with Gasteiger partial charge in [-0.15, -0.1) is 0 Å². The van der Waals surface area contributed by atoms with Gasteiger partial charge in [-0.25, -0.2) is 0 Å². The molecule has 4 rings (SSSR count). The Morgan fingerprint density at radius 1 is 1.18 bits per heavy atom. The van der Waals surface area contributed by atoms with E-state index in [0.29, 0.717) is 49.5 Å². The van der Waals surface area contributed by atoms with Gasteiger partial charge in [0.25, 0.3) is 5.91 Å². The number of nitrogens with one attached hydrogen (secondary N) is 2. The van der Waals surface area contributed by atoms with Crippen molar-refractivity contribution in [2.45, 2.75) is 57.2 Å². The molecule has 33 heavy (non-hydrogen) atoms. The van der Waals surface area contributed by atoms with Crippen LogP contribution >= 0.6 is 0 Å². The molecule has 8 nitrogen and oxygen atoms in total. The Morgan fingerprint density at radius 3 is 2.79 bits per heavy atom. The van der Waals surface area contributed by atoms with E-state index in [4.69, 9.17) is 14.2 Å². The number of hydrogen-bond acceptors (Lipinski definition) is 7. The second kappa shape index (κ2) is 11.9. The molecular weight excluding hydrogens is 422 g/mol. The number of carbonyl (C=O) groups is 1. The van der Waals surface area contributed by atoms with E-state index in [1.54, 1.807) is 13.1 Å². The van der Waals surface area contributed by atoms with Gasteiger partial charge in [0.2, 0.25) is 0 Å². The highest BCUT2D eigenvalue weighted by atomic mass is 16.6. The van der Waals surface area contributed by atoms with Crippen LogP contribution in [0.5, 0.6) is 11.5 Å². The molecule has 3 aliphatic rings. The Labute approximate surface area is 197 Å². The molecule has 2 heterocycles. The zero-order valence-electron chi connectivity index (χ0n) is 19.8. The minimum Gasteiger partial charge on any atom is -0.486 e. The highest BCUT2D eigenvalue weighted by Gasteiger charge is 2.29. The first-order chi connectivity index (χ1) is 16.1. The van der Waals surface area contributed by atoms with E-state index in [-0.39, 0.29) is 11.8 Å². The van der Waals surface area contributed by atoms with Crippen LogP contribution in [0.2, 0.25) is 0 Å². The Balaban J connectivity index is 1.20. The van der Waals surface area contributed by atoms with Gasteiger partial charge in [0.1, 0.15) is 13.2 Å². The molecular formula is C25H39N3O5. The molecule has 0 radical (unpaired) electrons. The lowest BCUT2D eigenvalue weighted by molar-refractivity contribution is 0.00425. The van der Waals surface area contributed by atoms with Gasteiger partial charge < -0.3 is 34.9 Å². The number of benzene rings is 1. The van der Waals surface area contributed by atoms with Gasteiger partial charge in [-0.2, -0.15) is 0 Å². The van der Waals surface area contributed by atoms with Crippen LogP contribution < -0.4 is 20.1 Å². The molecule has 1 saturated carbocycles. The number of rotatable bonds is 9. The second-order valence-electron chi connectivity index (χ2n) is 9.41. The van der Waals surface area contributed by atoms with Gasteiger partial charge in [0, 0.05) is 51.0 Å². The third kappa shape index (κ3) is 6.52. The van der Waals surface area contributed by atoms with Crippen molar-refractivity contribution in [3.8, 4) is 11.5 Å². The van der Waals surface area contributed by atoms with Crippen LogP contribution in [0.25, 0.3) is 0 Å². The zero-order chi connectivity index (χ0) is 23.0. The first-order valence-electron chi connectivity index (χ1n) is 12.6. The number of fused-ring (bicyclic) bond motifs is 1. The van der Waals surface area contributed by atoms with Gasteiger partial charge in [-0.05, 0) is 38.3 Å². The number of ether oxygens (including phenoxy) is 3. The monoisotopic (exact) mass is 461 g/mol. The first-order valence-corrected chi connectivity index (χ1v) is 12.6. The van der Waals surface area contributed by atoms with Gasteiger partial charge in [0.05, 0.1) is 17.8 Å². The second-order valence-corrected chi connectivity index (χ2v) is 9.41. The molecule has 3 N–H and O–H groups in total. The quantitative estimate of drug-likeness (QED) is 0.487. The molecule has 1 unspecified atom stereocenters. The number of aliphatic hydroxyl groups excluding tert-OH is 1. The van der Waals surface area contributed by atoms with Crippen LogP contribution in [0.4, 0.5) is 5.69 Å². The van der Waals surface area contributed by atoms with Crippen LogP contribution in [-0.4, -0.2) is 81.2 Å². The molecule has 1 aliphatic carbocycles. The summed E-state index contributed by atoms with van der Waals surface area (Å²) in [6.07, 6.45) is 8.22. The van der Waals surface area contributed by atoms with Crippen molar-refractivity contribution in [3.05, 3.63) is 17.7 Å². The number of anilines is 1. The summed E-state index contributed by atoms with van der Waals surface area (Å²) in [4.78, 5) is 15.2. The highest BCUT2D eigenvalue weighted by Crippen LogP contribution is 2.37. The average molecular weight is 462 g/mol. The minimum atomic E-state index is -0.449. The lowest BCUT2D eigenvalue weighted by Gasteiger charge is -2.36. The fourth-order valence-corrected chi connectivity index (χ4v) is 5.04. The topological polar surface area (TPSA) is 92.3 Å². The molecule has 1 saturated heterocycles. The van der Waals surface area contributed by atoms with Crippen molar-refractivity contribution in [2.24, 2.45) is 5.92 Å². The van der Waals surface area contributed by atoms with Crippen LogP contribution in [0, 0.1) is 5.92 Å². The molecule has 2 fully saturated rings. The predicted molar refractivity (Wildman–Crippen MR) is 127 cm³/mol. The number of aliphatic hydroxyl groups is 1. The van der Waals surface area contributed by atoms with E-state index in [1.807, 2.05) is 6.07 Å². The highest BCUT2D eigenvalue weighted by molar-refractivity contribution is 5.99. The molecule has 184 valence electrons. The fourth-order valence-electron chi connectivity index (χ4n) is 5.04. The van der Waals surface area contributed by atoms with Crippen molar-refractivity contribution >= 4 is 11.6 Å². The number of nitrogens with zero attached hydrogens (tertiary/aromatic N) is 1. The number of β-amino-alcohol motifs (C(OH)–C–C–N with tert-alkyl or cyclic N) is 1.